The molecule has 0 radical (unpaired) electrons. The summed E-state index contributed by atoms with van der Waals surface area (Å²) in [5.74, 6) is 0.722. The first-order valence-corrected chi connectivity index (χ1v) is 3.09. The maximum absolute atomic E-state index is 5.48. The highest BCUT2D eigenvalue weighted by Gasteiger charge is 2.02. The lowest BCUT2D eigenvalue weighted by molar-refractivity contribution is 0.481. The third kappa shape index (κ3) is 2.21. The van der Waals surface area contributed by atoms with Crippen molar-refractivity contribution in [3.05, 3.63) is 23.1 Å². The minimum atomic E-state index is -0.0718. The number of halogens is 2. The minimum Gasteiger partial charge on any atom is -0.448 e. The van der Waals surface area contributed by atoms with Gasteiger partial charge in [0, 0.05) is 0 Å². The van der Waals surface area contributed by atoms with Gasteiger partial charge in [-0.05, 0) is 30.7 Å². The van der Waals surface area contributed by atoms with Crippen molar-refractivity contribution in [1.29, 1.82) is 0 Å². The van der Waals surface area contributed by atoms with E-state index in [1.54, 1.807) is 12.1 Å². The van der Waals surface area contributed by atoms with Crippen LogP contribution >= 0.6 is 24.0 Å². The second-order valence-electron chi connectivity index (χ2n) is 1.93. The summed E-state index contributed by atoms with van der Waals surface area (Å²) in [5.41, 5.74) is 5.47. The molecule has 0 aliphatic rings. The Bertz CT molecular complexity index is 197. The first-order valence-electron chi connectivity index (χ1n) is 2.71. The molecule has 0 spiro atoms. The summed E-state index contributed by atoms with van der Waals surface area (Å²) in [7, 11) is 0. The van der Waals surface area contributed by atoms with Crippen molar-refractivity contribution in [2.24, 2.45) is 5.73 Å². The molecular weight excluding hydrogens is 173 g/mol. The van der Waals surface area contributed by atoms with Gasteiger partial charge < -0.3 is 10.2 Å². The fourth-order valence-electron chi connectivity index (χ4n) is 0.573. The number of hydrogen-bond donors (Lipinski definition) is 1. The van der Waals surface area contributed by atoms with Crippen LogP contribution in [-0.4, -0.2) is 0 Å². The molecule has 2 N–H and O–H groups in total. The highest BCUT2D eigenvalue weighted by molar-refractivity contribution is 6.28. The molecule has 0 aromatic carbocycles. The SMILES string of the molecule is C[C@@H](N)c1ccc(Cl)o1.Cl. The minimum absolute atomic E-state index is 0. The molecule has 1 heterocycles. The van der Waals surface area contributed by atoms with Crippen LogP contribution in [-0.2, 0) is 0 Å². The van der Waals surface area contributed by atoms with E-state index in [1.807, 2.05) is 6.92 Å². The molecule has 0 aliphatic carbocycles. The van der Waals surface area contributed by atoms with E-state index in [2.05, 4.69) is 0 Å². The Morgan fingerprint density at radius 2 is 2.20 bits per heavy atom. The molecule has 0 unspecified atom stereocenters. The first-order chi connectivity index (χ1) is 4.20. The van der Waals surface area contributed by atoms with E-state index in [1.165, 1.54) is 0 Å². The smallest absolute Gasteiger partial charge is 0.193 e. The Balaban J connectivity index is 0.000000810. The predicted molar refractivity (Wildman–Crippen MR) is 43.6 cm³/mol. The highest BCUT2D eigenvalue weighted by atomic mass is 35.5. The van der Waals surface area contributed by atoms with Crippen LogP contribution in [0, 0.1) is 0 Å². The average Bonchev–Trinajstić information content (AvgIpc) is 2.14. The fraction of sp³-hybridized carbons (Fsp3) is 0.333. The van der Waals surface area contributed by atoms with Crippen molar-refractivity contribution in [2.75, 3.05) is 0 Å². The lowest BCUT2D eigenvalue weighted by Crippen LogP contribution is -2.02. The van der Waals surface area contributed by atoms with Crippen LogP contribution in [0.2, 0.25) is 5.22 Å². The molecule has 0 saturated heterocycles. The van der Waals surface area contributed by atoms with Gasteiger partial charge in [-0.1, -0.05) is 0 Å². The van der Waals surface area contributed by atoms with E-state index in [9.17, 15) is 0 Å². The number of nitrogens with two attached hydrogens (primary N) is 1. The Labute approximate surface area is 70.8 Å². The summed E-state index contributed by atoms with van der Waals surface area (Å²) < 4.78 is 4.99. The molecule has 10 heavy (non-hydrogen) atoms. The Morgan fingerprint density at radius 1 is 1.60 bits per heavy atom. The number of furan rings is 1. The third-order valence-corrected chi connectivity index (χ3v) is 1.25. The van der Waals surface area contributed by atoms with Crippen LogP contribution in [0.25, 0.3) is 0 Å². The van der Waals surface area contributed by atoms with Gasteiger partial charge in [0.1, 0.15) is 5.76 Å². The zero-order chi connectivity index (χ0) is 6.85. The molecule has 1 aromatic rings. The van der Waals surface area contributed by atoms with Gasteiger partial charge in [-0.15, -0.1) is 12.4 Å². The van der Waals surface area contributed by atoms with Crippen LogP contribution < -0.4 is 5.73 Å². The number of hydrogen-bond acceptors (Lipinski definition) is 2. The van der Waals surface area contributed by atoms with E-state index in [0.717, 1.165) is 5.76 Å². The summed E-state index contributed by atoms with van der Waals surface area (Å²) in [6.45, 7) is 1.84. The standard InChI is InChI=1S/C6H8ClNO.ClH/c1-4(8)5-2-3-6(7)9-5;/h2-4H,8H2,1H3;1H/t4-;/m1./s1. The molecule has 2 nitrogen and oxygen atoms in total. The van der Waals surface area contributed by atoms with E-state index < -0.39 is 0 Å². The van der Waals surface area contributed by atoms with Crippen molar-refractivity contribution >= 4 is 24.0 Å². The largest absolute Gasteiger partial charge is 0.448 e. The van der Waals surface area contributed by atoms with Gasteiger partial charge in [0.25, 0.3) is 0 Å². The topological polar surface area (TPSA) is 39.2 Å². The van der Waals surface area contributed by atoms with Crippen molar-refractivity contribution in [3.8, 4) is 0 Å². The molecule has 1 rings (SSSR count). The fourth-order valence-corrected chi connectivity index (χ4v) is 0.725. The van der Waals surface area contributed by atoms with Crippen LogP contribution in [0.1, 0.15) is 18.7 Å². The Kier molecular flexibility index (Phi) is 3.79. The normalized spacial score (nSPS) is 12.3. The average molecular weight is 182 g/mol. The van der Waals surface area contributed by atoms with Crippen molar-refractivity contribution < 1.29 is 4.42 Å². The lowest BCUT2D eigenvalue weighted by Gasteiger charge is -1.96. The summed E-state index contributed by atoms with van der Waals surface area (Å²) in [6.07, 6.45) is 0. The molecule has 4 heteroatoms. The van der Waals surface area contributed by atoms with E-state index in [-0.39, 0.29) is 18.4 Å². The van der Waals surface area contributed by atoms with Crippen molar-refractivity contribution in [3.63, 3.8) is 0 Å². The molecule has 0 bridgehead atoms. The quantitative estimate of drug-likeness (QED) is 0.723. The van der Waals surface area contributed by atoms with Crippen molar-refractivity contribution in [1.82, 2.24) is 0 Å². The predicted octanol–water partition coefficient (Wildman–Crippen LogP) is 2.37. The summed E-state index contributed by atoms with van der Waals surface area (Å²) >= 11 is 5.48. The van der Waals surface area contributed by atoms with Crippen LogP contribution in [0.3, 0.4) is 0 Å². The second-order valence-corrected chi connectivity index (χ2v) is 2.30. The van der Waals surface area contributed by atoms with Gasteiger partial charge in [0.15, 0.2) is 5.22 Å². The molecule has 0 saturated carbocycles. The van der Waals surface area contributed by atoms with Gasteiger partial charge in [0.05, 0.1) is 6.04 Å². The number of rotatable bonds is 1. The van der Waals surface area contributed by atoms with Crippen LogP contribution in [0.15, 0.2) is 16.5 Å². The van der Waals surface area contributed by atoms with Gasteiger partial charge >= 0.3 is 0 Å². The monoisotopic (exact) mass is 181 g/mol. The molecule has 1 atom stereocenters. The van der Waals surface area contributed by atoms with Crippen molar-refractivity contribution in [2.45, 2.75) is 13.0 Å². The molecular formula is C6H9Cl2NO. The maximum Gasteiger partial charge on any atom is 0.193 e. The van der Waals surface area contributed by atoms with E-state index >= 15 is 0 Å². The van der Waals surface area contributed by atoms with Gasteiger partial charge in [-0.25, -0.2) is 0 Å². The summed E-state index contributed by atoms with van der Waals surface area (Å²) in [6, 6.07) is 3.38. The molecule has 0 fully saturated rings. The van der Waals surface area contributed by atoms with E-state index in [4.69, 9.17) is 21.8 Å². The summed E-state index contributed by atoms with van der Waals surface area (Å²) in [4.78, 5) is 0. The van der Waals surface area contributed by atoms with Crippen LogP contribution in [0.5, 0.6) is 0 Å². The molecule has 0 amide bonds. The van der Waals surface area contributed by atoms with Gasteiger partial charge in [0.2, 0.25) is 0 Å². The molecule has 58 valence electrons. The Hall–Kier alpha value is -0.180. The zero-order valence-electron chi connectivity index (χ0n) is 5.50. The lowest BCUT2D eigenvalue weighted by atomic mass is 10.3. The van der Waals surface area contributed by atoms with Crippen LogP contribution in [0.4, 0.5) is 0 Å². The summed E-state index contributed by atoms with van der Waals surface area (Å²) in [5, 5.41) is 0.391. The van der Waals surface area contributed by atoms with E-state index in [0.29, 0.717) is 5.22 Å². The maximum atomic E-state index is 5.48. The second kappa shape index (κ2) is 3.86. The first kappa shape index (κ1) is 9.82. The highest BCUT2D eigenvalue weighted by Crippen LogP contribution is 2.17. The van der Waals surface area contributed by atoms with Gasteiger partial charge in [-0.2, -0.15) is 0 Å². The molecule has 1 aromatic heterocycles. The third-order valence-electron chi connectivity index (χ3n) is 1.04. The zero-order valence-corrected chi connectivity index (χ0v) is 7.08. The van der Waals surface area contributed by atoms with Gasteiger partial charge in [-0.3, -0.25) is 0 Å². The Morgan fingerprint density at radius 3 is 2.40 bits per heavy atom. The molecule has 0 aliphatic heterocycles.